The van der Waals surface area contributed by atoms with Gasteiger partial charge in [0.1, 0.15) is 5.69 Å². The normalized spacial score (nSPS) is 10.6. The van der Waals surface area contributed by atoms with E-state index in [2.05, 4.69) is 31.4 Å². The highest BCUT2D eigenvalue weighted by molar-refractivity contribution is 9.10. The third-order valence-electron chi connectivity index (χ3n) is 2.41. The van der Waals surface area contributed by atoms with E-state index in [1.807, 2.05) is 6.20 Å². The Morgan fingerprint density at radius 3 is 2.83 bits per heavy atom. The number of nitrogens with zero attached hydrogens (tertiary/aromatic N) is 4. The molecule has 18 heavy (non-hydrogen) atoms. The minimum atomic E-state index is -0.237. The van der Waals surface area contributed by atoms with E-state index in [0.29, 0.717) is 24.5 Å². The smallest absolute Gasteiger partial charge is 0.271 e. The van der Waals surface area contributed by atoms with Gasteiger partial charge >= 0.3 is 0 Å². The highest BCUT2D eigenvalue weighted by Crippen LogP contribution is 2.08. The summed E-state index contributed by atoms with van der Waals surface area (Å²) in [5, 5.41) is 10.8. The lowest BCUT2D eigenvalue weighted by Gasteiger charge is -2.06. The molecule has 0 unspecified atom stereocenters. The van der Waals surface area contributed by atoms with Gasteiger partial charge in [0, 0.05) is 19.8 Å². The van der Waals surface area contributed by atoms with E-state index in [1.54, 1.807) is 17.9 Å². The second kappa shape index (κ2) is 5.21. The van der Waals surface area contributed by atoms with Gasteiger partial charge in [0.05, 0.1) is 29.1 Å². The number of halogens is 1. The van der Waals surface area contributed by atoms with Gasteiger partial charge < -0.3 is 11.1 Å². The molecule has 0 aliphatic carbocycles. The fourth-order valence-electron chi connectivity index (χ4n) is 1.56. The average molecular weight is 313 g/mol. The van der Waals surface area contributed by atoms with E-state index in [9.17, 15) is 4.79 Å². The lowest BCUT2D eigenvalue weighted by atomic mass is 10.3. The first kappa shape index (κ1) is 12.6. The minimum Gasteiger partial charge on any atom is -0.396 e. The van der Waals surface area contributed by atoms with Gasteiger partial charge in [-0.05, 0) is 15.9 Å². The maximum absolute atomic E-state index is 11.9. The molecule has 1 amide bonds. The van der Waals surface area contributed by atoms with E-state index in [1.165, 1.54) is 10.9 Å². The third-order valence-corrected chi connectivity index (χ3v) is 2.82. The van der Waals surface area contributed by atoms with E-state index in [4.69, 9.17) is 5.73 Å². The van der Waals surface area contributed by atoms with Crippen molar-refractivity contribution in [1.82, 2.24) is 24.9 Å². The molecule has 2 aromatic heterocycles. The Bertz CT molecular complexity index is 541. The van der Waals surface area contributed by atoms with Crippen molar-refractivity contribution in [3.8, 4) is 0 Å². The number of carbonyl (C=O) groups is 1. The summed E-state index contributed by atoms with van der Waals surface area (Å²) in [6.07, 6.45) is 4.99. The number of rotatable bonds is 4. The lowest BCUT2D eigenvalue weighted by Crippen LogP contribution is -2.29. The maximum atomic E-state index is 11.9. The van der Waals surface area contributed by atoms with E-state index in [-0.39, 0.29) is 5.91 Å². The summed E-state index contributed by atoms with van der Waals surface area (Å²) < 4.78 is 4.09. The largest absolute Gasteiger partial charge is 0.396 e. The van der Waals surface area contributed by atoms with Gasteiger partial charge in [-0.25, -0.2) is 0 Å². The van der Waals surface area contributed by atoms with Crippen molar-refractivity contribution >= 4 is 27.5 Å². The highest BCUT2D eigenvalue weighted by Gasteiger charge is 2.13. The van der Waals surface area contributed by atoms with Crippen LogP contribution in [0.5, 0.6) is 0 Å². The highest BCUT2D eigenvalue weighted by atomic mass is 79.9. The first-order valence-electron chi connectivity index (χ1n) is 5.31. The van der Waals surface area contributed by atoms with Crippen LogP contribution >= 0.6 is 15.9 Å². The molecule has 7 nitrogen and oxygen atoms in total. The quantitative estimate of drug-likeness (QED) is 0.854. The molecule has 0 fully saturated rings. The van der Waals surface area contributed by atoms with Crippen LogP contribution in [0.15, 0.2) is 23.1 Å². The summed E-state index contributed by atoms with van der Waals surface area (Å²) in [5.74, 6) is -0.237. The molecule has 0 spiro atoms. The van der Waals surface area contributed by atoms with Gasteiger partial charge in [0.2, 0.25) is 0 Å². The van der Waals surface area contributed by atoms with Crippen molar-refractivity contribution in [1.29, 1.82) is 0 Å². The average Bonchev–Trinajstić information content (AvgIpc) is 2.86. The van der Waals surface area contributed by atoms with Crippen LogP contribution in [0.3, 0.4) is 0 Å². The van der Waals surface area contributed by atoms with Crippen LogP contribution < -0.4 is 11.1 Å². The molecule has 0 aliphatic heterocycles. The van der Waals surface area contributed by atoms with Gasteiger partial charge in [-0.15, -0.1) is 0 Å². The Hall–Kier alpha value is -1.83. The molecule has 0 bridgehead atoms. The predicted octanol–water partition coefficient (Wildman–Crippen LogP) is 0.391. The number of nitrogens with one attached hydrogen (secondary N) is 1. The number of aromatic nitrogens is 4. The number of carbonyl (C=O) groups excluding carboxylic acids is 1. The van der Waals surface area contributed by atoms with Gasteiger partial charge in [0.25, 0.3) is 5.91 Å². The topological polar surface area (TPSA) is 90.8 Å². The number of hydrogen-bond donors (Lipinski definition) is 2. The Kier molecular flexibility index (Phi) is 3.66. The van der Waals surface area contributed by atoms with Crippen LogP contribution in [0, 0.1) is 0 Å². The zero-order valence-corrected chi connectivity index (χ0v) is 11.4. The second-order valence-electron chi connectivity index (χ2n) is 3.75. The summed E-state index contributed by atoms with van der Waals surface area (Å²) in [7, 11) is 1.68. The van der Waals surface area contributed by atoms with Crippen LogP contribution in [0.4, 0.5) is 5.69 Å². The zero-order valence-electron chi connectivity index (χ0n) is 9.80. The summed E-state index contributed by atoms with van der Waals surface area (Å²) in [6.45, 7) is 1.06. The molecule has 0 radical (unpaired) electrons. The Balaban J connectivity index is 1.89. The Labute approximate surface area is 112 Å². The molecule has 0 saturated carbocycles. The summed E-state index contributed by atoms with van der Waals surface area (Å²) >= 11 is 3.30. The molecule has 2 heterocycles. The molecule has 8 heteroatoms. The van der Waals surface area contributed by atoms with Crippen LogP contribution in [-0.4, -0.2) is 32.0 Å². The number of aryl methyl sites for hydroxylation is 1. The fraction of sp³-hybridized carbons (Fsp3) is 0.300. The molecule has 0 atom stereocenters. The van der Waals surface area contributed by atoms with E-state index in [0.717, 1.165) is 4.47 Å². The first-order chi connectivity index (χ1) is 8.58. The predicted molar refractivity (Wildman–Crippen MR) is 69.9 cm³/mol. The number of amides is 1. The molecular formula is C10H13BrN6O. The van der Waals surface area contributed by atoms with Crippen LogP contribution in [0.1, 0.15) is 10.5 Å². The number of nitrogens with two attached hydrogens (primary N) is 1. The first-order valence-corrected chi connectivity index (χ1v) is 6.11. The Morgan fingerprint density at radius 1 is 1.50 bits per heavy atom. The molecule has 0 aliphatic rings. The molecule has 2 aromatic rings. The SMILES string of the molecule is Cn1ncc(N)c1C(=O)NCCn1cc(Br)cn1. The van der Waals surface area contributed by atoms with Crippen molar-refractivity contribution < 1.29 is 4.79 Å². The minimum absolute atomic E-state index is 0.237. The molecule has 2 rings (SSSR count). The molecular weight excluding hydrogens is 300 g/mol. The second-order valence-corrected chi connectivity index (χ2v) is 4.67. The molecule has 0 saturated heterocycles. The molecule has 96 valence electrons. The van der Waals surface area contributed by atoms with Crippen LogP contribution in [0.25, 0.3) is 0 Å². The third kappa shape index (κ3) is 2.70. The van der Waals surface area contributed by atoms with Crippen molar-refractivity contribution in [2.45, 2.75) is 6.54 Å². The monoisotopic (exact) mass is 312 g/mol. The van der Waals surface area contributed by atoms with Crippen LogP contribution in [0.2, 0.25) is 0 Å². The van der Waals surface area contributed by atoms with Crippen molar-refractivity contribution in [2.75, 3.05) is 12.3 Å². The summed E-state index contributed by atoms with van der Waals surface area (Å²) in [6, 6.07) is 0. The lowest BCUT2D eigenvalue weighted by molar-refractivity contribution is 0.0943. The zero-order chi connectivity index (χ0) is 13.1. The summed E-state index contributed by atoms with van der Waals surface area (Å²) in [5.41, 5.74) is 6.40. The van der Waals surface area contributed by atoms with Crippen molar-refractivity contribution in [3.05, 3.63) is 28.8 Å². The molecule has 0 aromatic carbocycles. The van der Waals surface area contributed by atoms with Crippen molar-refractivity contribution in [3.63, 3.8) is 0 Å². The number of hydrogen-bond acceptors (Lipinski definition) is 4. The van der Waals surface area contributed by atoms with E-state index < -0.39 is 0 Å². The number of anilines is 1. The standard InChI is InChI=1S/C10H13BrN6O/c1-16-9(8(12)5-14-16)10(18)13-2-3-17-6-7(11)4-15-17/h4-6H,2-3,12H2,1H3,(H,13,18). The Morgan fingerprint density at radius 2 is 2.28 bits per heavy atom. The van der Waals surface area contributed by atoms with E-state index >= 15 is 0 Å². The molecule has 3 N–H and O–H groups in total. The fourth-order valence-corrected chi connectivity index (χ4v) is 1.89. The van der Waals surface area contributed by atoms with Crippen molar-refractivity contribution in [2.24, 2.45) is 7.05 Å². The van der Waals surface area contributed by atoms with Gasteiger partial charge in [0.15, 0.2) is 0 Å². The summed E-state index contributed by atoms with van der Waals surface area (Å²) in [4.78, 5) is 11.9. The van der Waals surface area contributed by atoms with Gasteiger partial charge in [-0.2, -0.15) is 10.2 Å². The maximum Gasteiger partial charge on any atom is 0.271 e. The number of nitrogen functional groups attached to an aromatic ring is 1. The van der Waals surface area contributed by atoms with Gasteiger partial charge in [-0.3, -0.25) is 14.2 Å². The van der Waals surface area contributed by atoms with Gasteiger partial charge in [-0.1, -0.05) is 0 Å². The van der Waals surface area contributed by atoms with Crippen LogP contribution in [-0.2, 0) is 13.6 Å².